The third-order valence-corrected chi connectivity index (χ3v) is 6.58. The summed E-state index contributed by atoms with van der Waals surface area (Å²) in [6, 6.07) is 12.3. The highest BCUT2D eigenvalue weighted by atomic mass is 35.5. The number of halogens is 1. The number of aliphatic imine (C=N–C) groups is 1. The fraction of sp³-hybridized carbons (Fsp3) is 0.240. The van der Waals surface area contributed by atoms with E-state index in [9.17, 15) is 9.59 Å². The molecule has 1 amide bonds. The number of benzene rings is 2. The molecule has 0 saturated heterocycles. The summed E-state index contributed by atoms with van der Waals surface area (Å²) in [7, 11) is 0. The van der Waals surface area contributed by atoms with E-state index in [4.69, 9.17) is 21.1 Å². The molecule has 1 atom stereocenters. The second-order valence-corrected chi connectivity index (χ2v) is 8.93. The third kappa shape index (κ3) is 4.98. The normalized spacial score (nSPS) is 16.8. The van der Waals surface area contributed by atoms with Crippen molar-refractivity contribution in [3.8, 4) is 5.75 Å². The zero-order valence-electron chi connectivity index (χ0n) is 19.0. The number of nitrogens with one attached hydrogen (secondary N) is 1. The van der Waals surface area contributed by atoms with Crippen LogP contribution < -0.4 is 10.1 Å². The molecule has 176 valence electrons. The van der Waals surface area contributed by atoms with Crippen LogP contribution in [0.2, 0.25) is 5.02 Å². The number of ether oxygens (including phenoxy) is 2. The summed E-state index contributed by atoms with van der Waals surface area (Å²) < 4.78 is 11.1. The largest absolute Gasteiger partial charge is 0.484 e. The maximum atomic E-state index is 12.8. The highest BCUT2D eigenvalue weighted by molar-refractivity contribution is 8.16. The Morgan fingerprint density at radius 2 is 2.00 bits per heavy atom. The van der Waals surface area contributed by atoms with Crippen LogP contribution in [0.15, 0.2) is 70.3 Å². The first kappa shape index (κ1) is 23.9. The summed E-state index contributed by atoms with van der Waals surface area (Å²) >= 11 is 7.62. The van der Waals surface area contributed by atoms with Crippen LogP contribution in [0, 0.1) is 6.92 Å². The number of rotatable bonds is 7. The van der Waals surface area contributed by atoms with Crippen molar-refractivity contribution in [2.24, 2.45) is 4.99 Å². The Morgan fingerprint density at radius 3 is 2.79 bits per heavy atom. The Bertz CT molecular complexity index is 1220. The molecule has 0 bridgehead atoms. The van der Waals surface area contributed by atoms with Gasteiger partial charge in [-0.15, -0.1) is 0 Å². The number of allylic oxidation sites excluding steroid dienone is 1. The number of carbonyl (C=O) groups is 2. The average molecular weight is 498 g/mol. The van der Waals surface area contributed by atoms with Gasteiger partial charge in [0.25, 0.3) is 5.91 Å². The summed E-state index contributed by atoms with van der Waals surface area (Å²) in [6.07, 6.45) is 1.90. The number of hydrogen-bond acceptors (Lipinski definition) is 7. The lowest BCUT2D eigenvalue weighted by Gasteiger charge is -2.33. The summed E-state index contributed by atoms with van der Waals surface area (Å²) in [4.78, 5) is 31.8. The molecule has 7 nitrogen and oxygen atoms in total. The molecule has 34 heavy (non-hydrogen) atoms. The molecule has 0 radical (unpaired) electrons. The van der Waals surface area contributed by atoms with Crippen LogP contribution in [0.5, 0.6) is 5.75 Å². The van der Waals surface area contributed by atoms with Gasteiger partial charge in [-0.1, -0.05) is 41.6 Å². The van der Waals surface area contributed by atoms with E-state index in [0.717, 1.165) is 16.3 Å². The molecule has 0 spiro atoms. The van der Waals surface area contributed by atoms with Gasteiger partial charge in [0.15, 0.2) is 11.8 Å². The Morgan fingerprint density at radius 1 is 1.21 bits per heavy atom. The SMILES string of the molecule is CCOC(=O)C1=C(C)N=C2SC=CN2[C@H]1c1cccc(OCC(=O)Nc2cccc(Cl)c2C)c1. The molecule has 2 aliphatic heterocycles. The van der Waals surface area contributed by atoms with Gasteiger partial charge >= 0.3 is 5.97 Å². The van der Waals surface area contributed by atoms with E-state index in [-0.39, 0.29) is 19.1 Å². The maximum absolute atomic E-state index is 12.8. The number of hydrogen-bond donors (Lipinski definition) is 1. The molecule has 2 aromatic rings. The molecule has 0 fully saturated rings. The first-order valence-corrected chi connectivity index (χ1v) is 12.0. The minimum Gasteiger partial charge on any atom is -0.484 e. The van der Waals surface area contributed by atoms with Crippen LogP contribution in [0.3, 0.4) is 0 Å². The molecule has 1 N–H and O–H groups in total. The van der Waals surface area contributed by atoms with E-state index >= 15 is 0 Å². The minimum absolute atomic E-state index is 0.175. The number of esters is 1. The van der Waals surface area contributed by atoms with Crippen molar-refractivity contribution >= 4 is 46.1 Å². The fourth-order valence-electron chi connectivity index (χ4n) is 3.75. The van der Waals surface area contributed by atoms with E-state index in [1.165, 1.54) is 11.8 Å². The topological polar surface area (TPSA) is 80.2 Å². The van der Waals surface area contributed by atoms with Gasteiger partial charge in [0.1, 0.15) is 5.75 Å². The highest BCUT2D eigenvalue weighted by Crippen LogP contribution is 2.41. The average Bonchev–Trinajstić information content (AvgIpc) is 3.28. The number of anilines is 1. The number of amidine groups is 1. The van der Waals surface area contributed by atoms with Crippen molar-refractivity contribution in [3.05, 3.63) is 81.5 Å². The molecule has 2 aliphatic rings. The van der Waals surface area contributed by atoms with Crippen molar-refractivity contribution in [3.63, 3.8) is 0 Å². The number of thioether (sulfide) groups is 1. The molecule has 9 heteroatoms. The van der Waals surface area contributed by atoms with Crippen molar-refractivity contribution in [1.82, 2.24) is 4.90 Å². The van der Waals surface area contributed by atoms with E-state index in [0.29, 0.717) is 27.7 Å². The summed E-state index contributed by atoms with van der Waals surface area (Å²) in [5.74, 6) is -0.193. The van der Waals surface area contributed by atoms with E-state index in [1.54, 1.807) is 31.2 Å². The molecule has 2 aromatic carbocycles. The fourth-order valence-corrected chi connectivity index (χ4v) is 4.72. The van der Waals surface area contributed by atoms with Gasteiger partial charge in [-0.3, -0.25) is 4.79 Å². The lowest BCUT2D eigenvalue weighted by molar-refractivity contribution is -0.139. The lowest BCUT2D eigenvalue weighted by Crippen LogP contribution is -2.34. The van der Waals surface area contributed by atoms with Gasteiger partial charge in [0, 0.05) is 16.9 Å². The summed E-state index contributed by atoms with van der Waals surface area (Å²) in [6.45, 7) is 5.52. The molecule has 0 saturated carbocycles. The quantitative estimate of drug-likeness (QED) is 0.513. The maximum Gasteiger partial charge on any atom is 0.338 e. The number of amides is 1. The zero-order chi connectivity index (χ0) is 24.2. The van der Waals surface area contributed by atoms with Crippen LogP contribution in [0.4, 0.5) is 5.69 Å². The number of carbonyl (C=O) groups excluding carboxylic acids is 2. The molecule has 0 aromatic heterocycles. The predicted octanol–water partition coefficient (Wildman–Crippen LogP) is 5.43. The van der Waals surface area contributed by atoms with Crippen molar-refractivity contribution < 1.29 is 19.1 Å². The van der Waals surface area contributed by atoms with Gasteiger partial charge in [-0.2, -0.15) is 0 Å². The smallest absolute Gasteiger partial charge is 0.338 e. The number of nitrogens with zero attached hydrogens (tertiary/aromatic N) is 2. The second kappa shape index (κ2) is 10.4. The predicted molar refractivity (Wildman–Crippen MR) is 135 cm³/mol. The van der Waals surface area contributed by atoms with Gasteiger partial charge in [0.2, 0.25) is 0 Å². The Balaban J connectivity index is 1.53. The first-order chi connectivity index (χ1) is 16.4. The third-order valence-electron chi connectivity index (χ3n) is 5.40. The summed E-state index contributed by atoms with van der Waals surface area (Å²) in [5.41, 5.74) is 3.35. The highest BCUT2D eigenvalue weighted by Gasteiger charge is 2.37. The van der Waals surface area contributed by atoms with Gasteiger partial charge in [-0.25, -0.2) is 9.79 Å². The van der Waals surface area contributed by atoms with Crippen molar-refractivity contribution in [2.45, 2.75) is 26.8 Å². The molecular formula is C25H24ClN3O4S. The van der Waals surface area contributed by atoms with E-state index in [1.807, 2.05) is 48.6 Å². The van der Waals surface area contributed by atoms with Gasteiger partial charge < -0.3 is 19.7 Å². The van der Waals surface area contributed by atoms with Crippen molar-refractivity contribution in [1.29, 1.82) is 0 Å². The molecule has 2 heterocycles. The van der Waals surface area contributed by atoms with E-state index < -0.39 is 12.0 Å². The van der Waals surface area contributed by atoms with Crippen LogP contribution in [0.1, 0.15) is 31.0 Å². The second-order valence-electron chi connectivity index (χ2n) is 7.65. The number of fused-ring (bicyclic) bond motifs is 1. The van der Waals surface area contributed by atoms with Crippen LogP contribution >= 0.6 is 23.4 Å². The first-order valence-electron chi connectivity index (χ1n) is 10.7. The van der Waals surface area contributed by atoms with Gasteiger partial charge in [0.05, 0.1) is 23.9 Å². The Kier molecular flexibility index (Phi) is 7.29. The zero-order valence-corrected chi connectivity index (χ0v) is 20.6. The summed E-state index contributed by atoms with van der Waals surface area (Å²) in [5, 5.41) is 6.12. The monoisotopic (exact) mass is 497 g/mol. The molecule has 0 aliphatic carbocycles. The van der Waals surface area contributed by atoms with Crippen LogP contribution in [0.25, 0.3) is 0 Å². The van der Waals surface area contributed by atoms with E-state index in [2.05, 4.69) is 10.3 Å². The van der Waals surface area contributed by atoms with Crippen LogP contribution in [-0.4, -0.2) is 35.2 Å². The molecular weight excluding hydrogens is 474 g/mol. The van der Waals surface area contributed by atoms with Gasteiger partial charge in [-0.05, 0) is 61.6 Å². The van der Waals surface area contributed by atoms with Crippen molar-refractivity contribution in [2.75, 3.05) is 18.5 Å². The molecule has 4 rings (SSSR count). The minimum atomic E-state index is -0.413. The Hall–Kier alpha value is -3.23. The van der Waals surface area contributed by atoms with Crippen LogP contribution in [-0.2, 0) is 14.3 Å². The standard InChI is InChI=1S/C25H24ClN3O4S/c1-4-32-24(31)22-16(3)27-25-29(11-12-34-25)23(22)17-7-5-8-18(13-17)33-14-21(30)28-20-10-6-9-19(26)15(20)2/h5-13,23H,4,14H2,1-3H3,(H,28,30)/t23-/m0/s1. The Labute approximate surface area is 207 Å². The molecule has 0 unspecified atom stereocenters. The lowest BCUT2D eigenvalue weighted by atomic mass is 9.94.